The molecule has 1 N–H and O–H groups in total. The fraction of sp³-hybridized carbons (Fsp3) is 0.0870. The summed E-state index contributed by atoms with van der Waals surface area (Å²) in [4.78, 5) is 25.8. The summed E-state index contributed by atoms with van der Waals surface area (Å²) in [6.07, 6.45) is 1.42. The summed E-state index contributed by atoms with van der Waals surface area (Å²) in [6.45, 7) is 3.65. The van der Waals surface area contributed by atoms with Crippen LogP contribution in [0.15, 0.2) is 82.2 Å². The largest absolute Gasteiger partial charge is 0.459 e. The number of amides is 1. The van der Waals surface area contributed by atoms with E-state index in [2.05, 4.69) is 10.4 Å². The maximum absolute atomic E-state index is 13.0. The molecular weight excluding hydrogens is 366 g/mol. The van der Waals surface area contributed by atoms with E-state index in [1.165, 1.54) is 6.26 Å². The van der Waals surface area contributed by atoms with Crippen molar-refractivity contribution >= 4 is 11.7 Å². The maximum atomic E-state index is 13.0. The van der Waals surface area contributed by atoms with E-state index in [0.717, 1.165) is 11.3 Å². The predicted molar refractivity (Wildman–Crippen MR) is 111 cm³/mol. The van der Waals surface area contributed by atoms with E-state index in [1.54, 1.807) is 23.7 Å². The monoisotopic (exact) mass is 385 g/mol. The summed E-state index contributed by atoms with van der Waals surface area (Å²) in [5.41, 5.74) is 2.98. The average Bonchev–Trinajstić information content (AvgIpc) is 3.27. The Kier molecular flexibility index (Phi) is 4.83. The number of nitrogens with one attached hydrogen (secondary N) is 1. The highest BCUT2D eigenvalue weighted by atomic mass is 16.3. The molecule has 6 nitrogen and oxygen atoms in total. The van der Waals surface area contributed by atoms with Crippen LogP contribution in [0.5, 0.6) is 0 Å². The van der Waals surface area contributed by atoms with Gasteiger partial charge >= 0.3 is 0 Å². The van der Waals surface area contributed by atoms with Gasteiger partial charge in [0.1, 0.15) is 11.5 Å². The van der Waals surface area contributed by atoms with Crippen LogP contribution >= 0.6 is 0 Å². The molecule has 0 saturated carbocycles. The number of anilines is 1. The molecule has 0 aliphatic rings. The third-order valence-corrected chi connectivity index (χ3v) is 4.57. The van der Waals surface area contributed by atoms with Crippen molar-refractivity contribution in [2.75, 3.05) is 5.32 Å². The van der Waals surface area contributed by atoms with Gasteiger partial charge in [-0.05, 0) is 43.7 Å². The van der Waals surface area contributed by atoms with Gasteiger partial charge in [-0.2, -0.15) is 5.10 Å². The summed E-state index contributed by atoms with van der Waals surface area (Å²) >= 11 is 0. The minimum absolute atomic E-state index is 0.146. The number of carbonyl (C=O) groups is 1. The predicted octanol–water partition coefficient (Wildman–Crippen LogP) is 4.36. The Morgan fingerprint density at radius 2 is 1.69 bits per heavy atom. The van der Waals surface area contributed by atoms with Crippen molar-refractivity contribution in [2.45, 2.75) is 13.8 Å². The molecule has 0 bridgehead atoms. The Balaban J connectivity index is 1.97. The van der Waals surface area contributed by atoms with Crippen LogP contribution in [0.25, 0.3) is 16.8 Å². The first-order chi connectivity index (χ1) is 14.0. The number of hydrogen-bond donors (Lipinski definition) is 1. The number of nitrogens with zero attached hydrogens (tertiary/aromatic N) is 2. The molecule has 0 aliphatic carbocycles. The summed E-state index contributed by atoms with van der Waals surface area (Å²) in [5.74, 6) is -0.0253. The zero-order chi connectivity index (χ0) is 20.4. The molecule has 2 aromatic heterocycles. The van der Waals surface area contributed by atoms with Crippen LogP contribution in [0.3, 0.4) is 0 Å². The van der Waals surface area contributed by atoms with Gasteiger partial charge in [0.15, 0.2) is 5.76 Å². The third-order valence-electron chi connectivity index (χ3n) is 4.57. The van der Waals surface area contributed by atoms with Gasteiger partial charge in [0.2, 0.25) is 5.43 Å². The van der Waals surface area contributed by atoms with E-state index in [0.29, 0.717) is 16.8 Å². The second-order valence-corrected chi connectivity index (χ2v) is 6.68. The number of furan rings is 1. The van der Waals surface area contributed by atoms with Crippen LogP contribution in [0.1, 0.15) is 21.8 Å². The van der Waals surface area contributed by atoms with Gasteiger partial charge in [0, 0.05) is 0 Å². The van der Waals surface area contributed by atoms with Gasteiger partial charge in [-0.15, -0.1) is 0 Å². The molecule has 0 unspecified atom stereocenters. The summed E-state index contributed by atoms with van der Waals surface area (Å²) < 4.78 is 6.79. The van der Waals surface area contributed by atoms with Crippen molar-refractivity contribution in [1.29, 1.82) is 0 Å². The van der Waals surface area contributed by atoms with E-state index >= 15 is 0 Å². The van der Waals surface area contributed by atoms with Gasteiger partial charge in [-0.3, -0.25) is 9.59 Å². The van der Waals surface area contributed by atoms with Crippen LogP contribution in [-0.4, -0.2) is 15.7 Å². The molecule has 0 saturated heterocycles. The molecule has 1 amide bonds. The number of hydrogen-bond acceptors (Lipinski definition) is 4. The lowest BCUT2D eigenvalue weighted by atomic mass is 10.1. The van der Waals surface area contributed by atoms with Crippen LogP contribution in [0, 0.1) is 13.8 Å². The Labute approximate surface area is 167 Å². The summed E-state index contributed by atoms with van der Waals surface area (Å²) in [7, 11) is 0. The zero-order valence-corrected chi connectivity index (χ0v) is 16.0. The number of aryl methyl sites for hydroxylation is 2. The number of rotatable bonds is 4. The lowest BCUT2D eigenvalue weighted by Gasteiger charge is -2.18. The summed E-state index contributed by atoms with van der Waals surface area (Å²) in [5, 5.41) is 7.28. The molecule has 0 aliphatic heterocycles. The Hall–Kier alpha value is -3.93. The Morgan fingerprint density at radius 3 is 2.34 bits per heavy atom. The van der Waals surface area contributed by atoms with Crippen LogP contribution < -0.4 is 10.7 Å². The first-order valence-corrected chi connectivity index (χ1v) is 9.16. The average molecular weight is 385 g/mol. The van der Waals surface area contributed by atoms with E-state index < -0.39 is 5.91 Å². The van der Waals surface area contributed by atoms with E-state index in [1.807, 2.05) is 61.5 Å². The number of carbonyl (C=O) groups excluding carboxylic acids is 1. The van der Waals surface area contributed by atoms with Gasteiger partial charge in [-0.25, -0.2) is 4.68 Å². The second kappa shape index (κ2) is 7.59. The second-order valence-electron chi connectivity index (χ2n) is 6.68. The zero-order valence-electron chi connectivity index (χ0n) is 16.0. The first-order valence-electron chi connectivity index (χ1n) is 9.16. The molecule has 2 heterocycles. The van der Waals surface area contributed by atoms with Crippen molar-refractivity contribution < 1.29 is 9.21 Å². The van der Waals surface area contributed by atoms with E-state index in [4.69, 9.17) is 4.42 Å². The molecule has 0 radical (unpaired) electrons. The highest BCUT2D eigenvalue weighted by molar-refractivity contribution is 6.04. The van der Waals surface area contributed by atoms with Crippen molar-refractivity contribution in [1.82, 2.24) is 9.78 Å². The third kappa shape index (κ3) is 3.60. The first kappa shape index (κ1) is 18.4. The lowest BCUT2D eigenvalue weighted by molar-refractivity contribution is 0.0996. The van der Waals surface area contributed by atoms with Crippen molar-refractivity contribution in [3.63, 3.8) is 0 Å². The van der Waals surface area contributed by atoms with Crippen molar-refractivity contribution in [2.24, 2.45) is 0 Å². The minimum atomic E-state index is -0.460. The topological polar surface area (TPSA) is 77.1 Å². The maximum Gasteiger partial charge on any atom is 0.292 e. The fourth-order valence-corrected chi connectivity index (χ4v) is 3.08. The molecule has 2 aromatic carbocycles. The lowest BCUT2D eigenvalue weighted by Crippen LogP contribution is -2.24. The quantitative estimate of drug-likeness (QED) is 0.566. The minimum Gasteiger partial charge on any atom is -0.459 e. The Bertz CT molecular complexity index is 1210. The van der Waals surface area contributed by atoms with Gasteiger partial charge in [0.05, 0.1) is 17.5 Å². The molecular formula is C23H19N3O3. The van der Waals surface area contributed by atoms with Crippen LogP contribution in [0.4, 0.5) is 5.82 Å². The molecule has 6 heteroatoms. The molecule has 0 fully saturated rings. The molecule has 144 valence electrons. The molecule has 29 heavy (non-hydrogen) atoms. The van der Waals surface area contributed by atoms with Crippen molar-refractivity contribution in [3.05, 3.63) is 100 Å². The van der Waals surface area contributed by atoms with Gasteiger partial charge < -0.3 is 9.73 Å². The van der Waals surface area contributed by atoms with Crippen LogP contribution in [-0.2, 0) is 0 Å². The molecule has 0 atom stereocenters. The molecule has 4 aromatic rings. The fourth-order valence-electron chi connectivity index (χ4n) is 3.08. The normalized spacial score (nSPS) is 10.7. The smallest absolute Gasteiger partial charge is 0.292 e. The number of benzene rings is 2. The standard InChI is InChI=1S/C23H19N3O3/c1-15-10-12-18(13-11-15)26-22(24-23(28)19-9-6-14-29-19)20(21(27)16(2)25-26)17-7-4-3-5-8-17/h3-14H,1-2H3,(H,24,28). The highest BCUT2D eigenvalue weighted by Crippen LogP contribution is 2.27. The molecule has 0 spiro atoms. The highest BCUT2D eigenvalue weighted by Gasteiger charge is 2.21. The van der Waals surface area contributed by atoms with Crippen molar-refractivity contribution in [3.8, 4) is 16.8 Å². The Morgan fingerprint density at radius 1 is 0.966 bits per heavy atom. The van der Waals surface area contributed by atoms with E-state index in [-0.39, 0.29) is 17.0 Å². The van der Waals surface area contributed by atoms with Crippen LogP contribution in [0.2, 0.25) is 0 Å². The number of aromatic nitrogens is 2. The van der Waals surface area contributed by atoms with E-state index in [9.17, 15) is 9.59 Å². The summed E-state index contributed by atoms with van der Waals surface area (Å²) in [6, 6.07) is 20.1. The molecule has 4 rings (SSSR count). The van der Waals surface area contributed by atoms with Gasteiger partial charge in [-0.1, -0.05) is 48.0 Å². The SMILES string of the molecule is Cc1ccc(-n2nc(C)c(=O)c(-c3ccccc3)c2NC(=O)c2ccco2)cc1. The van der Waals surface area contributed by atoms with Gasteiger partial charge in [0.25, 0.3) is 5.91 Å².